The van der Waals surface area contributed by atoms with Gasteiger partial charge in [0.2, 0.25) is 5.95 Å². The van der Waals surface area contributed by atoms with Crippen LogP contribution in [-0.2, 0) is 33.7 Å². The van der Waals surface area contributed by atoms with E-state index in [1.165, 1.54) is 11.6 Å². The predicted molar refractivity (Wildman–Crippen MR) is 232 cm³/mol. The Balaban J connectivity index is 0.000000260. The van der Waals surface area contributed by atoms with Crippen LogP contribution in [0.5, 0.6) is 5.75 Å². The Hall–Kier alpha value is -5.51. The number of nitrogens with zero attached hydrogens (tertiary/aromatic N) is 9. The molecule has 0 atom stereocenters. The van der Waals surface area contributed by atoms with Crippen molar-refractivity contribution in [2.75, 3.05) is 36.0 Å². The van der Waals surface area contributed by atoms with Crippen molar-refractivity contribution in [3.05, 3.63) is 83.9 Å². The molecule has 0 fully saturated rings. The summed E-state index contributed by atoms with van der Waals surface area (Å²) in [5.74, 6) is 0.792. The standard InChI is InChI=1S/C22H26N4O3.C21H27N5O3S.Ni/c1-6-26(7-2)15-9-11-16(18(27)13-15)24-25-21-23-17-10-8-14(12-19(17)29-21)20(28)22(3,4)5;1-6-26(7-2)16-9-11-18(20(13-16)30(27,28)29)23-24-21-22-17-10-8-15(14(3)4)12-19(17)25(21)5;/h8-13,27H,6-7H2,1-5H3;8-14H,6-7H2,1-5H3,(H,27,28,29);. The van der Waals surface area contributed by atoms with Crippen molar-refractivity contribution in [1.29, 1.82) is 0 Å². The number of benzene rings is 4. The van der Waals surface area contributed by atoms with Gasteiger partial charge in [0.05, 0.1) is 11.0 Å². The fourth-order valence-corrected chi connectivity index (χ4v) is 6.97. The number of Topliss-reactive ketones (excluding diaryl/α,β-unsaturated/α-hetero) is 1. The van der Waals surface area contributed by atoms with Crippen LogP contribution in [0.15, 0.2) is 103 Å². The van der Waals surface area contributed by atoms with E-state index in [9.17, 15) is 22.9 Å². The zero-order valence-electron chi connectivity index (χ0n) is 35.6. The minimum Gasteiger partial charge on any atom is -0.506 e. The molecule has 0 saturated heterocycles. The van der Waals surface area contributed by atoms with E-state index in [-0.39, 0.29) is 44.6 Å². The SMILES string of the molecule is CCN(CC)c1ccc(N=Nc2nc3ccc(C(=O)C(C)(C)C)cc3o2)c(O)c1.CCN(CC)c1ccc(N=Nc2nc3ccc(C(C)C)cc3n2C)c(S(=O)(=O)O)c1.[Ni]. The fourth-order valence-electron chi connectivity index (χ4n) is 6.33. The van der Waals surface area contributed by atoms with Crippen molar-refractivity contribution in [3.8, 4) is 5.75 Å². The first-order chi connectivity index (χ1) is 27.9. The minimum atomic E-state index is -4.47. The third-order valence-electron chi connectivity index (χ3n) is 9.80. The number of hydrogen-bond donors (Lipinski definition) is 2. The summed E-state index contributed by atoms with van der Waals surface area (Å²) in [7, 11) is -2.63. The molecule has 0 unspecified atom stereocenters. The average molecular weight is 883 g/mol. The zero-order chi connectivity index (χ0) is 43.2. The number of carbonyl (C=O) groups excluding carboxylic acids is 1. The Morgan fingerprint density at radius 1 is 0.783 bits per heavy atom. The number of rotatable bonds is 13. The second kappa shape index (κ2) is 19.7. The van der Waals surface area contributed by atoms with Crippen molar-refractivity contribution in [1.82, 2.24) is 14.5 Å². The van der Waals surface area contributed by atoms with Gasteiger partial charge in [0.25, 0.3) is 10.1 Å². The van der Waals surface area contributed by atoms with Crippen molar-refractivity contribution in [2.24, 2.45) is 32.9 Å². The van der Waals surface area contributed by atoms with Gasteiger partial charge in [-0.05, 0) is 99.8 Å². The molecule has 2 N–H and O–H groups in total. The number of phenolic OH excluding ortho intramolecular Hbond substituents is 1. The van der Waals surface area contributed by atoms with E-state index in [2.05, 4.69) is 69.1 Å². The summed E-state index contributed by atoms with van der Waals surface area (Å²) < 4.78 is 41.0. The number of ketones is 1. The van der Waals surface area contributed by atoms with Crippen molar-refractivity contribution < 1.29 is 43.8 Å². The molecular weight excluding hydrogens is 829 g/mol. The number of azo groups is 2. The number of imidazole rings is 1. The summed E-state index contributed by atoms with van der Waals surface area (Å²) in [4.78, 5) is 25.0. The zero-order valence-corrected chi connectivity index (χ0v) is 37.4. The molecule has 15 nitrogen and oxygen atoms in total. The number of oxazole rings is 1. The van der Waals surface area contributed by atoms with Crippen LogP contribution in [0.2, 0.25) is 0 Å². The van der Waals surface area contributed by atoms with E-state index < -0.39 is 15.5 Å². The number of phenols is 1. The largest absolute Gasteiger partial charge is 0.506 e. The number of aryl methyl sites for hydroxylation is 1. The molecule has 60 heavy (non-hydrogen) atoms. The summed E-state index contributed by atoms with van der Waals surface area (Å²) >= 11 is 0. The summed E-state index contributed by atoms with van der Waals surface area (Å²) in [6.07, 6.45) is 0. The molecule has 6 aromatic rings. The van der Waals surface area contributed by atoms with E-state index in [1.807, 2.05) is 69.3 Å². The summed E-state index contributed by atoms with van der Waals surface area (Å²) in [5, 5.41) is 26.6. The monoisotopic (exact) mass is 881 g/mol. The van der Waals surface area contributed by atoms with Crippen LogP contribution in [0.3, 0.4) is 0 Å². The van der Waals surface area contributed by atoms with E-state index in [4.69, 9.17) is 4.42 Å². The Bertz CT molecular complexity index is 2620. The van der Waals surface area contributed by atoms with Gasteiger partial charge in [-0.15, -0.1) is 15.3 Å². The van der Waals surface area contributed by atoms with Crippen LogP contribution in [-0.4, -0.2) is 64.6 Å². The molecule has 0 aliphatic rings. The molecule has 17 heteroatoms. The van der Waals surface area contributed by atoms with Crippen molar-refractivity contribution in [2.45, 2.75) is 73.1 Å². The van der Waals surface area contributed by atoms with Gasteiger partial charge in [0, 0.05) is 78.1 Å². The van der Waals surface area contributed by atoms with Crippen LogP contribution in [0.4, 0.5) is 34.7 Å². The Labute approximate surface area is 361 Å². The fraction of sp³-hybridized carbons (Fsp3) is 0.372. The van der Waals surface area contributed by atoms with Crippen LogP contribution < -0.4 is 9.80 Å². The Kier molecular flexibility index (Phi) is 15.5. The smallest absolute Gasteiger partial charge is 0.341 e. The minimum absolute atomic E-state index is 0. The van der Waals surface area contributed by atoms with Crippen LogP contribution in [0, 0.1) is 5.41 Å². The molecular formula is C43H53N9NiO6S. The van der Waals surface area contributed by atoms with E-state index in [0.29, 0.717) is 53.0 Å². The summed E-state index contributed by atoms with van der Waals surface area (Å²) in [6.45, 7) is 21.0. The molecule has 0 aliphatic heterocycles. The maximum Gasteiger partial charge on any atom is 0.341 e. The van der Waals surface area contributed by atoms with Gasteiger partial charge in [-0.1, -0.05) is 45.8 Å². The number of aromatic hydroxyl groups is 1. The van der Waals surface area contributed by atoms with Gasteiger partial charge in [-0.3, -0.25) is 9.35 Å². The van der Waals surface area contributed by atoms with Gasteiger partial charge < -0.3 is 23.9 Å². The third-order valence-corrected chi connectivity index (χ3v) is 10.7. The molecule has 0 amide bonds. The maximum atomic E-state index is 12.4. The van der Waals surface area contributed by atoms with Gasteiger partial charge >= 0.3 is 6.01 Å². The molecule has 2 aromatic heterocycles. The Morgan fingerprint density at radius 3 is 1.93 bits per heavy atom. The molecule has 0 radical (unpaired) electrons. The van der Waals surface area contributed by atoms with E-state index in [1.54, 1.807) is 42.5 Å². The molecule has 6 rings (SSSR count). The van der Waals surface area contributed by atoms with Crippen LogP contribution in [0.1, 0.15) is 84.2 Å². The third kappa shape index (κ3) is 11.0. The first-order valence-electron chi connectivity index (χ1n) is 19.6. The average Bonchev–Trinajstić information content (AvgIpc) is 3.76. The van der Waals surface area contributed by atoms with Crippen molar-refractivity contribution >= 4 is 72.7 Å². The van der Waals surface area contributed by atoms with Gasteiger partial charge in [0.1, 0.15) is 27.5 Å². The molecule has 0 spiro atoms. The second-order valence-electron chi connectivity index (χ2n) is 15.2. The normalized spacial score (nSPS) is 12.0. The summed E-state index contributed by atoms with van der Waals surface area (Å²) in [6, 6.07) is 21.2. The molecule has 0 saturated carbocycles. The number of carbonyl (C=O) groups is 1. The quantitative estimate of drug-likeness (QED) is 0.0488. The number of aromatic nitrogens is 3. The van der Waals surface area contributed by atoms with Gasteiger partial charge in [-0.2, -0.15) is 13.4 Å². The number of fused-ring (bicyclic) bond motifs is 2. The van der Waals surface area contributed by atoms with Crippen LogP contribution in [0.25, 0.3) is 22.1 Å². The van der Waals surface area contributed by atoms with E-state index in [0.717, 1.165) is 29.8 Å². The van der Waals surface area contributed by atoms with Crippen molar-refractivity contribution in [3.63, 3.8) is 0 Å². The first kappa shape index (κ1) is 47.2. The first-order valence-corrected chi connectivity index (χ1v) is 21.0. The number of anilines is 2. The maximum absolute atomic E-state index is 12.4. The van der Waals surface area contributed by atoms with Gasteiger partial charge in [0.15, 0.2) is 11.4 Å². The molecule has 4 aromatic carbocycles. The molecule has 0 bridgehead atoms. The topological polar surface area (TPSA) is 191 Å². The van der Waals surface area contributed by atoms with Crippen LogP contribution >= 0.6 is 0 Å². The molecule has 2 heterocycles. The predicted octanol–water partition coefficient (Wildman–Crippen LogP) is 11.2. The molecule has 322 valence electrons. The second-order valence-corrected chi connectivity index (χ2v) is 16.6. The molecule has 0 aliphatic carbocycles. The van der Waals surface area contributed by atoms with E-state index >= 15 is 0 Å². The Morgan fingerprint density at radius 2 is 1.37 bits per heavy atom. The van der Waals surface area contributed by atoms with Gasteiger partial charge in [-0.25, -0.2) is 4.98 Å². The number of hydrogen-bond acceptors (Lipinski definition) is 13. The summed E-state index contributed by atoms with van der Waals surface area (Å²) in [5.41, 5.74) is 6.02.